The Morgan fingerprint density at radius 3 is 2.76 bits per heavy atom. The minimum Gasteiger partial charge on any atom is -0.396 e. The van der Waals surface area contributed by atoms with Crippen molar-refractivity contribution < 1.29 is 9.84 Å². The van der Waals surface area contributed by atoms with Crippen LogP contribution in [0.25, 0.3) is 0 Å². The highest BCUT2D eigenvalue weighted by molar-refractivity contribution is 14.0. The van der Waals surface area contributed by atoms with Gasteiger partial charge in [-0.3, -0.25) is 4.99 Å². The third-order valence-corrected chi connectivity index (χ3v) is 4.69. The second-order valence-electron chi connectivity index (χ2n) is 6.57. The van der Waals surface area contributed by atoms with Gasteiger partial charge in [0.05, 0.1) is 13.2 Å². The van der Waals surface area contributed by atoms with Crippen LogP contribution in [0.4, 0.5) is 0 Å². The van der Waals surface area contributed by atoms with Crippen LogP contribution in [0.2, 0.25) is 0 Å². The van der Waals surface area contributed by atoms with Gasteiger partial charge in [-0.15, -0.1) is 24.0 Å². The zero-order valence-electron chi connectivity index (χ0n) is 15.4. The van der Waals surface area contributed by atoms with Crippen molar-refractivity contribution >= 4 is 29.9 Å². The first kappa shape index (κ1) is 22.2. The topological polar surface area (TPSA) is 65.9 Å². The molecule has 5 nitrogen and oxygen atoms in total. The van der Waals surface area contributed by atoms with E-state index in [0.717, 1.165) is 44.9 Å². The number of rotatable bonds is 8. The van der Waals surface area contributed by atoms with E-state index in [1.54, 1.807) is 0 Å². The average Bonchev–Trinajstić information content (AvgIpc) is 3.04. The van der Waals surface area contributed by atoms with Crippen LogP contribution in [0.5, 0.6) is 0 Å². The molecule has 1 unspecified atom stereocenters. The van der Waals surface area contributed by atoms with E-state index in [9.17, 15) is 5.11 Å². The Balaban J connectivity index is 0.00000312. The molecule has 6 heteroatoms. The molecule has 0 spiro atoms. The van der Waals surface area contributed by atoms with Gasteiger partial charge in [0.1, 0.15) is 0 Å². The summed E-state index contributed by atoms with van der Waals surface area (Å²) in [7, 11) is 0. The summed E-state index contributed by atoms with van der Waals surface area (Å²) < 4.78 is 5.54. The minimum absolute atomic E-state index is 0. The highest BCUT2D eigenvalue weighted by Gasteiger charge is 2.34. The second-order valence-corrected chi connectivity index (χ2v) is 6.57. The van der Waals surface area contributed by atoms with Gasteiger partial charge in [0.15, 0.2) is 5.96 Å². The number of aliphatic imine (C=N–C) groups is 1. The van der Waals surface area contributed by atoms with Crippen LogP contribution < -0.4 is 10.6 Å². The van der Waals surface area contributed by atoms with Gasteiger partial charge < -0.3 is 20.5 Å². The van der Waals surface area contributed by atoms with Crippen LogP contribution in [0.3, 0.4) is 0 Å². The molecule has 0 aliphatic carbocycles. The predicted octanol–water partition coefficient (Wildman–Crippen LogP) is 2.50. The summed E-state index contributed by atoms with van der Waals surface area (Å²) in [6.45, 7) is 8.24. The highest BCUT2D eigenvalue weighted by atomic mass is 127. The first-order valence-corrected chi connectivity index (χ1v) is 8.94. The normalized spacial score (nSPS) is 20.2. The summed E-state index contributed by atoms with van der Waals surface area (Å²) in [5.74, 6) is 0.843. The monoisotopic (exact) mass is 461 g/mol. The molecule has 2 rings (SSSR count). The molecule has 1 aliphatic heterocycles. The molecule has 0 saturated carbocycles. The fraction of sp³-hybridized carbons (Fsp3) is 0.632. The van der Waals surface area contributed by atoms with Gasteiger partial charge in [-0.1, -0.05) is 24.3 Å². The first-order chi connectivity index (χ1) is 11.7. The van der Waals surface area contributed by atoms with Crippen LogP contribution in [0, 0.1) is 12.3 Å². The molecule has 142 valence electrons. The lowest BCUT2D eigenvalue weighted by Gasteiger charge is -2.24. The number of aliphatic hydroxyl groups is 1. The molecule has 0 radical (unpaired) electrons. The standard InChI is InChI=1S/C19H31N3O2.HI/c1-3-20-18(21-11-8-17-7-5-4-6-16(17)2)22-14-19(9-12-23)10-13-24-15-19;/h4-7,23H,3,8-15H2,1-2H3,(H2,20,21,22);1H. The zero-order valence-corrected chi connectivity index (χ0v) is 17.7. The fourth-order valence-electron chi connectivity index (χ4n) is 3.08. The maximum Gasteiger partial charge on any atom is 0.191 e. The Hall–Kier alpha value is -0.860. The van der Waals surface area contributed by atoms with Gasteiger partial charge in [0.25, 0.3) is 0 Å². The number of nitrogens with one attached hydrogen (secondary N) is 2. The number of aliphatic hydroxyl groups excluding tert-OH is 1. The van der Waals surface area contributed by atoms with E-state index in [-0.39, 0.29) is 36.0 Å². The second kappa shape index (κ2) is 11.7. The van der Waals surface area contributed by atoms with Crippen molar-refractivity contribution in [3.8, 4) is 0 Å². The van der Waals surface area contributed by atoms with Gasteiger partial charge in [-0.2, -0.15) is 0 Å². The molecule has 0 aromatic heterocycles. The quantitative estimate of drug-likeness (QED) is 0.316. The van der Waals surface area contributed by atoms with Gasteiger partial charge in [0, 0.05) is 31.7 Å². The minimum atomic E-state index is -0.00683. The van der Waals surface area contributed by atoms with Gasteiger partial charge in [-0.25, -0.2) is 0 Å². The molecule has 0 bridgehead atoms. The highest BCUT2D eigenvalue weighted by Crippen LogP contribution is 2.32. The number of aryl methyl sites for hydroxylation is 1. The molecular formula is C19H32IN3O2. The lowest BCUT2D eigenvalue weighted by Crippen LogP contribution is -2.39. The number of halogens is 1. The Morgan fingerprint density at radius 2 is 2.12 bits per heavy atom. The molecule has 1 aromatic carbocycles. The van der Waals surface area contributed by atoms with Crippen LogP contribution in [0.15, 0.2) is 29.3 Å². The zero-order chi connectivity index (χ0) is 17.3. The smallest absolute Gasteiger partial charge is 0.191 e. The molecule has 1 aromatic rings. The molecule has 25 heavy (non-hydrogen) atoms. The van der Waals surface area contributed by atoms with E-state index in [4.69, 9.17) is 9.73 Å². The summed E-state index contributed by atoms with van der Waals surface area (Å²) in [5.41, 5.74) is 2.68. The van der Waals surface area contributed by atoms with Gasteiger partial charge in [-0.05, 0) is 44.2 Å². The van der Waals surface area contributed by atoms with Crippen molar-refractivity contribution in [1.29, 1.82) is 0 Å². The molecule has 3 N–H and O–H groups in total. The molecule has 1 atom stereocenters. The van der Waals surface area contributed by atoms with E-state index in [1.807, 2.05) is 0 Å². The van der Waals surface area contributed by atoms with Gasteiger partial charge >= 0.3 is 0 Å². The van der Waals surface area contributed by atoms with Crippen molar-refractivity contribution in [3.63, 3.8) is 0 Å². The van der Waals surface area contributed by atoms with Crippen molar-refractivity contribution in [1.82, 2.24) is 10.6 Å². The summed E-state index contributed by atoms with van der Waals surface area (Å²) in [5, 5.41) is 16.0. The third-order valence-electron chi connectivity index (χ3n) is 4.69. The number of nitrogens with zero attached hydrogens (tertiary/aromatic N) is 1. The first-order valence-electron chi connectivity index (χ1n) is 8.94. The van der Waals surface area contributed by atoms with Gasteiger partial charge in [0.2, 0.25) is 0 Å². The van der Waals surface area contributed by atoms with Crippen LogP contribution >= 0.6 is 24.0 Å². The Kier molecular flexibility index (Phi) is 10.4. The molecule has 1 aliphatic rings. The average molecular weight is 461 g/mol. The number of ether oxygens (including phenoxy) is 1. The summed E-state index contributed by atoms with van der Waals surface area (Å²) in [6.07, 6.45) is 2.70. The SMILES string of the molecule is CCNC(=NCC1(CCO)CCOC1)NCCc1ccccc1C.I. The van der Waals surface area contributed by atoms with Crippen molar-refractivity contribution in [2.45, 2.75) is 33.1 Å². The lowest BCUT2D eigenvalue weighted by molar-refractivity contribution is 0.131. The number of hydrogen-bond donors (Lipinski definition) is 3. The third kappa shape index (κ3) is 7.11. The molecule has 1 saturated heterocycles. The Morgan fingerprint density at radius 1 is 1.32 bits per heavy atom. The maximum absolute atomic E-state index is 9.32. The maximum atomic E-state index is 9.32. The van der Waals surface area contributed by atoms with Crippen molar-refractivity contribution in [2.24, 2.45) is 10.4 Å². The van der Waals surface area contributed by atoms with Crippen molar-refractivity contribution in [2.75, 3.05) is 39.5 Å². The van der Waals surface area contributed by atoms with E-state index in [0.29, 0.717) is 13.2 Å². The largest absolute Gasteiger partial charge is 0.396 e. The molecule has 1 fully saturated rings. The van der Waals surface area contributed by atoms with E-state index in [1.165, 1.54) is 11.1 Å². The summed E-state index contributed by atoms with van der Waals surface area (Å²) >= 11 is 0. The van der Waals surface area contributed by atoms with E-state index < -0.39 is 0 Å². The number of guanidine groups is 1. The number of hydrogen-bond acceptors (Lipinski definition) is 3. The molecule has 0 amide bonds. The van der Waals surface area contributed by atoms with Crippen molar-refractivity contribution in [3.05, 3.63) is 35.4 Å². The lowest BCUT2D eigenvalue weighted by atomic mass is 9.84. The summed E-state index contributed by atoms with van der Waals surface area (Å²) in [4.78, 5) is 4.74. The number of benzene rings is 1. The van der Waals surface area contributed by atoms with E-state index >= 15 is 0 Å². The Bertz CT molecular complexity index is 531. The Labute approximate surface area is 168 Å². The van der Waals surface area contributed by atoms with E-state index in [2.05, 4.69) is 48.7 Å². The van der Waals surface area contributed by atoms with Crippen LogP contribution in [-0.2, 0) is 11.2 Å². The predicted molar refractivity (Wildman–Crippen MR) is 114 cm³/mol. The summed E-state index contributed by atoms with van der Waals surface area (Å²) in [6, 6.07) is 8.48. The van der Waals surface area contributed by atoms with Crippen LogP contribution in [0.1, 0.15) is 30.9 Å². The van der Waals surface area contributed by atoms with Crippen LogP contribution in [-0.4, -0.2) is 50.5 Å². The molecule has 1 heterocycles. The molecular weight excluding hydrogens is 429 g/mol. The fourth-order valence-corrected chi connectivity index (χ4v) is 3.08.